The summed E-state index contributed by atoms with van der Waals surface area (Å²) in [7, 11) is 0. The van der Waals surface area contributed by atoms with Crippen molar-refractivity contribution in [2.75, 3.05) is 6.54 Å². The Bertz CT molecular complexity index is 852. The van der Waals surface area contributed by atoms with Crippen molar-refractivity contribution in [1.82, 2.24) is 15.2 Å². The molecule has 2 aromatic rings. The normalized spacial score (nSPS) is 24.4. The highest BCUT2D eigenvalue weighted by atomic mass is 32.1. The summed E-state index contributed by atoms with van der Waals surface area (Å²) in [5.41, 5.74) is 11.1. The zero-order valence-electron chi connectivity index (χ0n) is 16.5. The van der Waals surface area contributed by atoms with Gasteiger partial charge in [-0.2, -0.15) is 0 Å². The first-order valence-electron chi connectivity index (χ1n) is 10.1. The van der Waals surface area contributed by atoms with Crippen LogP contribution in [-0.4, -0.2) is 57.0 Å². The molecule has 2 heterocycles. The smallest absolute Gasteiger partial charge is 0.237 e. The Labute approximate surface area is 174 Å². The standard InChI is InChI=1S/C21H28N4O3S/c1-12-19(29-11-24-12)15-4-2-13(3-5-15)9-23-20(27)17-8-16(26)10-25(17)21(28)18(22)14-6-7-14/h2-5,11,14,16-18,21,26,28H,6-10,22H2,1H3,(H,23,27)/t16-,17-,18+,21?/m1/s1. The van der Waals surface area contributed by atoms with E-state index in [1.54, 1.807) is 16.2 Å². The van der Waals surface area contributed by atoms with Crippen LogP contribution in [0, 0.1) is 12.8 Å². The number of thiazole rings is 1. The van der Waals surface area contributed by atoms with Crippen LogP contribution in [0.25, 0.3) is 10.4 Å². The Morgan fingerprint density at radius 1 is 1.38 bits per heavy atom. The minimum absolute atomic E-state index is 0.189. The van der Waals surface area contributed by atoms with Gasteiger partial charge in [-0.3, -0.25) is 9.69 Å². The van der Waals surface area contributed by atoms with E-state index < -0.39 is 18.4 Å². The van der Waals surface area contributed by atoms with Crippen molar-refractivity contribution >= 4 is 17.2 Å². The third kappa shape index (κ3) is 4.51. The van der Waals surface area contributed by atoms with Crippen molar-refractivity contribution in [1.29, 1.82) is 0 Å². The number of likely N-dealkylation sites (tertiary alicyclic amines) is 1. The Hall–Kier alpha value is -1.84. The van der Waals surface area contributed by atoms with Gasteiger partial charge < -0.3 is 21.3 Å². The van der Waals surface area contributed by atoms with Gasteiger partial charge >= 0.3 is 0 Å². The summed E-state index contributed by atoms with van der Waals surface area (Å²) < 4.78 is 0. The van der Waals surface area contributed by atoms with Gasteiger partial charge in [0.05, 0.1) is 28.2 Å². The number of β-amino-alcohol motifs (C(OH)–C–C–N with tert-alkyl or cyclic N) is 1. The van der Waals surface area contributed by atoms with Crippen LogP contribution in [0.15, 0.2) is 29.8 Å². The average molecular weight is 417 g/mol. The minimum atomic E-state index is -0.905. The summed E-state index contributed by atoms with van der Waals surface area (Å²) in [5.74, 6) is 0.123. The Balaban J connectivity index is 1.36. The van der Waals surface area contributed by atoms with E-state index in [0.717, 1.165) is 34.5 Å². The first kappa shape index (κ1) is 20.4. The predicted octanol–water partition coefficient (Wildman–Crippen LogP) is 1.23. The van der Waals surface area contributed by atoms with Crippen LogP contribution in [0.4, 0.5) is 0 Å². The Morgan fingerprint density at radius 3 is 2.72 bits per heavy atom. The fraction of sp³-hybridized carbons (Fsp3) is 0.524. The van der Waals surface area contributed by atoms with Crippen molar-refractivity contribution in [2.24, 2.45) is 11.7 Å². The quantitative estimate of drug-likeness (QED) is 0.540. The second-order valence-corrected chi connectivity index (χ2v) is 8.97. The SMILES string of the molecule is Cc1ncsc1-c1ccc(CNC(=O)[C@H]2C[C@@H](O)CN2C(O)[C@@H](N)C2CC2)cc1. The number of nitrogens with one attached hydrogen (secondary N) is 1. The molecule has 1 saturated carbocycles. The van der Waals surface area contributed by atoms with Crippen LogP contribution < -0.4 is 11.1 Å². The van der Waals surface area contributed by atoms with Crippen molar-refractivity contribution in [3.8, 4) is 10.4 Å². The summed E-state index contributed by atoms with van der Waals surface area (Å²) in [5, 5.41) is 23.6. The van der Waals surface area contributed by atoms with Gasteiger partial charge in [-0.1, -0.05) is 24.3 Å². The molecule has 29 heavy (non-hydrogen) atoms. The number of carbonyl (C=O) groups excluding carboxylic acids is 1. The van der Waals surface area contributed by atoms with Crippen molar-refractivity contribution < 1.29 is 15.0 Å². The maximum atomic E-state index is 12.8. The zero-order chi connectivity index (χ0) is 20.5. The number of nitrogens with two attached hydrogens (primary N) is 1. The highest BCUT2D eigenvalue weighted by molar-refractivity contribution is 7.13. The first-order chi connectivity index (χ1) is 13.9. The molecule has 4 rings (SSSR count). The molecule has 4 atom stereocenters. The Kier molecular flexibility index (Phi) is 5.98. The average Bonchev–Trinajstić information content (AvgIpc) is 3.37. The number of rotatable bonds is 7. The number of aromatic nitrogens is 1. The van der Waals surface area contributed by atoms with Gasteiger partial charge in [-0.05, 0) is 43.2 Å². The maximum absolute atomic E-state index is 12.8. The number of aliphatic hydroxyl groups excluding tert-OH is 2. The number of hydrogen-bond donors (Lipinski definition) is 4. The lowest BCUT2D eigenvalue weighted by Crippen LogP contribution is -2.54. The lowest BCUT2D eigenvalue weighted by Gasteiger charge is -2.32. The van der Waals surface area contributed by atoms with Gasteiger partial charge in [0, 0.05) is 19.1 Å². The second-order valence-electron chi connectivity index (χ2n) is 8.11. The zero-order valence-corrected chi connectivity index (χ0v) is 17.3. The molecule has 156 valence electrons. The highest BCUT2D eigenvalue weighted by Gasteiger charge is 2.44. The van der Waals surface area contributed by atoms with E-state index >= 15 is 0 Å². The lowest BCUT2D eigenvalue weighted by atomic mass is 10.1. The first-order valence-corrected chi connectivity index (χ1v) is 11.0. The number of hydrogen-bond acceptors (Lipinski definition) is 7. The minimum Gasteiger partial charge on any atom is -0.392 e. The van der Waals surface area contributed by atoms with Gasteiger partial charge in [0.15, 0.2) is 0 Å². The van der Waals surface area contributed by atoms with E-state index in [2.05, 4.69) is 10.3 Å². The second kappa shape index (κ2) is 8.49. The number of carbonyl (C=O) groups is 1. The van der Waals surface area contributed by atoms with Crippen LogP contribution in [0.1, 0.15) is 30.5 Å². The summed E-state index contributed by atoms with van der Waals surface area (Å²) >= 11 is 1.61. The molecule has 1 aliphatic carbocycles. The molecular weight excluding hydrogens is 388 g/mol. The number of aryl methyl sites for hydroxylation is 1. The molecule has 0 spiro atoms. The highest BCUT2D eigenvalue weighted by Crippen LogP contribution is 2.35. The van der Waals surface area contributed by atoms with Gasteiger partial charge in [0.25, 0.3) is 0 Å². The number of nitrogens with zero attached hydrogens (tertiary/aromatic N) is 2. The molecule has 1 aromatic carbocycles. The third-order valence-corrected chi connectivity index (χ3v) is 6.88. The molecule has 2 aliphatic rings. The topological polar surface area (TPSA) is 112 Å². The van der Waals surface area contributed by atoms with Crippen molar-refractivity contribution in [3.63, 3.8) is 0 Å². The maximum Gasteiger partial charge on any atom is 0.237 e. The fourth-order valence-corrected chi connectivity index (χ4v) is 4.81. The largest absolute Gasteiger partial charge is 0.392 e. The molecule has 0 radical (unpaired) electrons. The molecule has 0 bridgehead atoms. The monoisotopic (exact) mass is 416 g/mol. The summed E-state index contributed by atoms with van der Waals surface area (Å²) in [6.45, 7) is 2.65. The summed E-state index contributed by atoms with van der Waals surface area (Å²) in [6, 6.07) is 7.11. The van der Waals surface area contributed by atoms with Gasteiger partial charge in [-0.15, -0.1) is 11.3 Å². The van der Waals surface area contributed by atoms with E-state index in [1.165, 1.54) is 0 Å². The number of aliphatic hydroxyl groups is 2. The molecule has 8 heteroatoms. The van der Waals surface area contributed by atoms with E-state index in [4.69, 9.17) is 5.73 Å². The molecular formula is C21H28N4O3S. The van der Waals surface area contributed by atoms with Gasteiger partial charge in [-0.25, -0.2) is 4.98 Å². The van der Waals surface area contributed by atoms with E-state index in [0.29, 0.717) is 18.9 Å². The third-order valence-electron chi connectivity index (χ3n) is 5.90. The van der Waals surface area contributed by atoms with Gasteiger partial charge in [0.1, 0.15) is 6.23 Å². The van der Waals surface area contributed by atoms with Crippen molar-refractivity contribution in [2.45, 2.75) is 57.1 Å². The number of benzene rings is 1. The summed E-state index contributed by atoms with van der Waals surface area (Å²) in [6.07, 6.45) is 0.806. The lowest BCUT2D eigenvalue weighted by molar-refractivity contribution is -0.130. The van der Waals surface area contributed by atoms with E-state index in [9.17, 15) is 15.0 Å². The van der Waals surface area contributed by atoms with E-state index in [1.807, 2.05) is 36.7 Å². The van der Waals surface area contributed by atoms with E-state index in [-0.39, 0.29) is 18.5 Å². The van der Waals surface area contributed by atoms with Crippen LogP contribution in [0.5, 0.6) is 0 Å². The molecule has 1 amide bonds. The molecule has 1 aliphatic heterocycles. The fourth-order valence-electron chi connectivity index (χ4n) is 3.99. The molecule has 1 unspecified atom stereocenters. The molecule has 5 N–H and O–H groups in total. The van der Waals surface area contributed by atoms with Gasteiger partial charge in [0.2, 0.25) is 5.91 Å². The van der Waals surface area contributed by atoms with Crippen LogP contribution in [0.3, 0.4) is 0 Å². The predicted molar refractivity (Wildman–Crippen MR) is 112 cm³/mol. The van der Waals surface area contributed by atoms with Crippen LogP contribution in [-0.2, 0) is 11.3 Å². The summed E-state index contributed by atoms with van der Waals surface area (Å²) in [4.78, 5) is 19.8. The molecule has 7 nitrogen and oxygen atoms in total. The molecule has 1 saturated heterocycles. The van der Waals surface area contributed by atoms with Crippen LogP contribution >= 0.6 is 11.3 Å². The number of amides is 1. The van der Waals surface area contributed by atoms with Crippen molar-refractivity contribution in [3.05, 3.63) is 41.0 Å². The molecule has 2 fully saturated rings. The Morgan fingerprint density at radius 2 is 2.10 bits per heavy atom. The molecule has 1 aromatic heterocycles. The van der Waals surface area contributed by atoms with Crippen LogP contribution in [0.2, 0.25) is 0 Å².